The fraction of sp³-hybridized carbons (Fsp3) is 0.909. The zero-order chi connectivity index (χ0) is 10.8. The highest BCUT2D eigenvalue weighted by Gasteiger charge is 2.34. The highest BCUT2D eigenvalue weighted by atomic mass is 16.2. The number of nitrogens with zero attached hydrogens (tertiary/aromatic N) is 1. The van der Waals surface area contributed by atoms with E-state index in [1.807, 2.05) is 4.90 Å². The lowest BCUT2D eigenvalue weighted by Gasteiger charge is -2.41. The molecule has 86 valence electrons. The van der Waals surface area contributed by atoms with Crippen LogP contribution < -0.4 is 11.1 Å². The van der Waals surface area contributed by atoms with E-state index in [0.29, 0.717) is 12.5 Å². The summed E-state index contributed by atoms with van der Waals surface area (Å²) in [5.41, 5.74) is 5.74. The molecule has 0 spiro atoms. The number of rotatable bonds is 2. The van der Waals surface area contributed by atoms with E-state index in [1.165, 1.54) is 0 Å². The Bertz CT molecular complexity index is 240. The van der Waals surface area contributed by atoms with Gasteiger partial charge in [-0.2, -0.15) is 0 Å². The van der Waals surface area contributed by atoms with E-state index in [9.17, 15) is 4.79 Å². The largest absolute Gasteiger partial charge is 0.337 e. The van der Waals surface area contributed by atoms with Crippen molar-refractivity contribution in [3.8, 4) is 0 Å². The van der Waals surface area contributed by atoms with Gasteiger partial charge in [0.05, 0.1) is 6.04 Å². The van der Waals surface area contributed by atoms with E-state index in [0.717, 1.165) is 32.4 Å². The highest BCUT2D eigenvalue weighted by molar-refractivity contribution is 5.83. The molecule has 0 aromatic carbocycles. The number of hydrogen-bond acceptors (Lipinski definition) is 3. The predicted molar refractivity (Wildman–Crippen MR) is 59.4 cm³/mol. The first-order chi connectivity index (χ1) is 7.22. The van der Waals surface area contributed by atoms with Gasteiger partial charge in [0.25, 0.3) is 0 Å². The van der Waals surface area contributed by atoms with Crippen molar-refractivity contribution < 1.29 is 4.79 Å². The molecule has 2 rings (SSSR count). The molecule has 2 unspecified atom stereocenters. The summed E-state index contributed by atoms with van der Waals surface area (Å²) >= 11 is 0. The van der Waals surface area contributed by atoms with Gasteiger partial charge in [0.2, 0.25) is 5.91 Å². The van der Waals surface area contributed by atoms with Gasteiger partial charge in [-0.25, -0.2) is 0 Å². The smallest absolute Gasteiger partial charge is 0.240 e. The van der Waals surface area contributed by atoms with Crippen LogP contribution in [0.2, 0.25) is 0 Å². The minimum atomic E-state index is 0.0763. The fourth-order valence-electron chi connectivity index (χ4n) is 2.46. The summed E-state index contributed by atoms with van der Waals surface area (Å²) in [6, 6.07) is 0.344. The van der Waals surface area contributed by atoms with Crippen LogP contribution in [0.4, 0.5) is 0 Å². The molecule has 0 aromatic rings. The zero-order valence-corrected chi connectivity index (χ0v) is 9.41. The van der Waals surface area contributed by atoms with Crippen molar-refractivity contribution in [1.82, 2.24) is 10.2 Å². The maximum Gasteiger partial charge on any atom is 0.240 e. The lowest BCUT2D eigenvalue weighted by molar-refractivity contribution is -0.139. The van der Waals surface area contributed by atoms with E-state index < -0.39 is 0 Å². The summed E-state index contributed by atoms with van der Waals surface area (Å²) in [7, 11) is 0. The third-order valence-electron chi connectivity index (χ3n) is 3.66. The quantitative estimate of drug-likeness (QED) is 0.672. The topological polar surface area (TPSA) is 58.4 Å². The van der Waals surface area contributed by atoms with Gasteiger partial charge in [0.15, 0.2) is 0 Å². The Kier molecular flexibility index (Phi) is 3.26. The first kappa shape index (κ1) is 10.9. The maximum absolute atomic E-state index is 12.1. The van der Waals surface area contributed by atoms with Crippen LogP contribution in [0.5, 0.6) is 0 Å². The van der Waals surface area contributed by atoms with Crippen molar-refractivity contribution in [2.75, 3.05) is 19.6 Å². The summed E-state index contributed by atoms with van der Waals surface area (Å²) in [6.07, 6.45) is 3.17. The summed E-state index contributed by atoms with van der Waals surface area (Å²) in [5, 5.41) is 3.17. The second kappa shape index (κ2) is 4.49. The monoisotopic (exact) mass is 211 g/mol. The molecule has 0 aliphatic carbocycles. The van der Waals surface area contributed by atoms with Crippen LogP contribution in [-0.2, 0) is 4.79 Å². The lowest BCUT2D eigenvalue weighted by Crippen LogP contribution is -2.59. The van der Waals surface area contributed by atoms with Crippen molar-refractivity contribution in [2.24, 2.45) is 11.7 Å². The summed E-state index contributed by atoms with van der Waals surface area (Å²) in [5.74, 6) is 0.973. The second-order valence-corrected chi connectivity index (χ2v) is 4.85. The van der Waals surface area contributed by atoms with Crippen LogP contribution >= 0.6 is 0 Å². The molecule has 0 bridgehead atoms. The van der Waals surface area contributed by atoms with Gasteiger partial charge in [0, 0.05) is 19.1 Å². The normalized spacial score (nSPS) is 36.1. The Morgan fingerprint density at radius 3 is 2.80 bits per heavy atom. The first-order valence-electron chi connectivity index (χ1n) is 5.96. The van der Waals surface area contributed by atoms with Crippen molar-refractivity contribution >= 4 is 5.91 Å². The molecular weight excluding hydrogens is 190 g/mol. The Balaban J connectivity index is 1.96. The van der Waals surface area contributed by atoms with Gasteiger partial charge in [0.1, 0.15) is 0 Å². The molecule has 2 saturated heterocycles. The van der Waals surface area contributed by atoms with Gasteiger partial charge in [-0.3, -0.25) is 4.79 Å². The molecule has 2 aliphatic rings. The zero-order valence-electron chi connectivity index (χ0n) is 9.41. The van der Waals surface area contributed by atoms with E-state index in [2.05, 4.69) is 12.2 Å². The van der Waals surface area contributed by atoms with Crippen LogP contribution in [0.25, 0.3) is 0 Å². The van der Waals surface area contributed by atoms with Gasteiger partial charge in [-0.1, -0.05) is 6.92 Å². The van der Waals surface area contributed by atoms with Gasteiger partial charge < -0.3 is 16.0 Å². The first-order valence-corrected chi connectivity index (χ1v) is 5.96. The lowest BCUT2D eigenvalue weighted by atomic mass is 9.91. The summed E-state index contributed by atoms with van der Waals surface area (Å²) in [4.78, 5) is 14.1. The van der Waals surface area contributed by atoms with E-state index in [4.69, 9.17) is 5.73 Å². The second-order valence-electron chi connectivity index (χ2n) is 4.85. The van der Waals surface area contributed by atoms with E-state index in [1.54, 1.807) is 0 Å². The molecule has 2 heterocycles. The number of likely N-dealkylation sites (tertiary alicyclic amines) is 1. The number of carbonyl (C=O) groups is 1. The Morgan fingerprint density at radius 2 is 2.27 bits per heavy atom. The van der Waals surface area contributed by atoms with Crippen molar-refractivity contribution in [2.45, 2.75) is 38.3 Å². The maximum atomic E-state index is 12.1. The third-order valence-corrected chi connectivity index (χ3v) is 3.66. The molecule has 1 amide bonds. The Morgan fingerprint density at radius 1 is 1.53 bits per heavy atom. The van der Waals surface area contributed by atoms with Crippen LogP contribution in [0.1, 0.15) is 26.2 Å². The molecule has 4 heteroatoms. The third kappa shape index (κ3) is 2.16. The summed E-state index contributed by atoms with van der Waals surface area (Å²) in [6.45, 7) is 4.71. The molecule has 0 aromatic heterocycles. The van der Waals surface area contributed by atoms with Gasteiger partial charge in [-0.15, -0.1) is 0 Å². The van der Waals surface area contributed by atoms with Gasteiger partial charge >= 0.3 is 0 Å². The molecule has 2 aliphatic heterocycles. The van der Waals surface area contributed by atoms with Crippen molar-refractivity contribution in [3.05, 3.63) is 0 Å². The standard InChI is InChI=1S/C11H21N3O/c1-8-3-5-14(9(6-8)7-12)11(15)10-2-4-13-10/h8-10,13H,2-7,12H2,1H3/t8?,9?,10-/m1/s1. The van der Waals surface area contributed by atoms with Crippen molar-refractivity contribution in [3.63, 3.8) is 0 Å². The molecule has 0 saturated carbocycles. The van der Waals surface area contributed by atoms with Crippen LogP contribution in [0, 0.1) is 5.92 Å². The SMILES string of the molecule is CC1CCN(C(=O)[C@H]2CCN2)C(CN)C1. The molecule has 0 radical (unpaired) electrons. The average Bonchev–Trinajstić information content (AvgIpc) is 2.14. The van der Waals surface area contributed by atoms with Crippen LogP contribution in [0.3, 0.4) is 0 Å². The molecule has 15 heavy (non-hydrogen) atoms. The average molecular weight is 211 g/mol. The number of piperidine rings is 1. The number of amides is 1. The minimum Gasteiger partial charge on any atom is -0.337 e. The van der Waals surface area contributed by atoms with E-state index in [-0.39, 0.29) is 18.0 Å². The van der Waals surface area contributed by atoms with Crippen LogP contribution in [0.15, 0.2) is 0 Å². The van der Waals surface area contributed by atoms with Crippen molar-refractivity contribution in [1.29, 1.82) is 0 Å². The van der Waals surface area contributed by atoms with E-state index >= 15 is 0 Å². The Labute approximate surface area is 91.2 Å². The molecule has 2 fully saturated rings. The van der Waals surface area contributed by atoms with Gasteiger partial charge in [-0.05, 0) is 31.7 Å². The Hall–Kier alpha value is -0.610. The summed E-state index contributed by atoms with van der Waals surface area (Å²) < 4.78 is 0. The van der Waals surface area contributed by atoms with Crippen LogP contribution in [-0.4, -0.2) is 42.5 Å². The number of nitrogens with one attached hydrogen (secondary N) is 1. The highest BCUT2D eigenvalue weighted by Crippen LogP contribution is 2.23. The molecule has 3 atom stereocenters. The number of hydrogen-bond donors (Lipinski definition) is 2. The molecule has 3 N–H and O–H groups in total. The number of nitrogens with two attached hydrogens (primary N) is 1. The number of carbonyl (C=O) groups excluding carboxylic acids is 1. The molecular formula is C11H21N3O. The minimum absolute atomic E-state index is 0.0763. The predicted octanol–water partition coefficient (Wildman–Crippen LogP) is -0.0659. The molecule has 4 nitrogen and oxygen atoms in total. The fourth-order valence-corrected chi connectivity index (χ4v) is 2.46.